The largest absolute Gasteiger partial charge is 0.299 e. The maximum Gasteiger partial charge on any atom is 0.143 e. The summed E-state index contributed by atoms with van der Waals surface area (Å²) in [4.78, 5) is 11.5. The van der Waals surface area contributed by atoms with Crippen LogP contribution < -0.4 is 0 Å². The lowest BCUT2D eigenvalue weighted by molar-refractivity contribution is -0.117. The molecule has 1 unspecified atom stereocenters. The topological polar surface area (TPSA) is 17.1 Å². The zero-order valence-corrected chi connectivity index (χ0v) is 10.7. The summed E-state index contributed by atoms with van der Waals surface area (Å²) >= 11 is 1.74. The highest BCUT2D eigenvalue weighted by Crippen LogP contribution is 2.17. The van der Waals surface area contributed by atoms with E-state index in [2.05, 4.69) is 20.8 Å². The van der Waals surface area contributed by atoms with Crippen LogP contribution in [0.4, 0.5) is 0 Å². The Balaban J connectivity index is 3.62. The van der Waals surface area contributed by atoms with E-state index >= 15 is 0 Å². The Labute approximate surface area is 93.0 Å². The predicted molar refractivity (Wildman–Crippen MR) is 65.9 cm³/mol. The van der Waals surface area contributed by atoms with Gasteiger partial charge in [-0.2, -0.15) is 11.8 Å². The molecule has 2 heteroatoms. The van der Waals surface area contributed by atoms with Crippen LogP contribution in [0.2, 0.25) is 0 Å². The van der Waals surface area contributed by atoms with E-state index in [-0.39, 0.29) is 0 Å². The molecule has 0 fully saturated rings. The highest BCUT2D eigenvalue weighted by Gasteiger charge is 2.11. The Morgan fingerprint density at radius 2 is 2.00 bits per heavy atom. The van der Waals surface area contributed by atoms with Gasteiger partial charge in [-0.25, -0.2) is 0 Å². The van der Waals surface area contributed by atoms with Crippen LogP contribution in [0.15, 0.2) is 0 Å². The molecule has 0 aliphatic carbocycles. The molecule has 1 nitrogen and oxygen atoms in total. The first-order valence-corrected chi connectivity index (χ1v) is 6.99. The Bertz CT molecular complexity index is 145. The Morgan fingerprint density at radius 1 is 1.29 bits per heavy atom. The second-order valence-corrected chi connectivity index (χ2v) is 5.07. The first kappa shape index (κ1) is 14.0. The SMILES string of the molecule is CCCCC(CC)CC(=O)CSCC. The molecule has 0 heterocycles. The number of carbonyl (C=O) groups excluding carboxylic acids is 1. The smallest absolute Gasteiger partial charge is 0.143 e. The summed E-state index contributed by atoms with van der Waals surface area (Å²) in [6, 6.07) is 0. The van der Waals surface area contributed by atoms with Gasteiger partial charge in [0.15, 0.2) is 0 Å². The third kappa shape index (κ3) is 7.43. The maximum absolute atomic E-state index is 11.5. The van der Waals surface area contributed by atoms with E-state index in [4.69, 9.17) is 0 Å². The summed E-state index contributed by atoms with van der Waals surface area (Å²) in [5, 5.41) is 0. The minimum absolute atomic E-state index is 0.444. The van der Waals surface area contributed by atoms with Gasteiger partial charge >= 0.3 is 0 Å². The number of hydrogen-bond donors (Lipinski definition) is 0. The molecule has 0 aliphatic heterocycles. The normalized spacial score (nSPS) is 12.8. The standard InChI is InChI=1S/C12H24OS/c1-4-7-8-11(5-2)9-12(13)10-14-6-3/h11H,4-10H2,1-3H3. The van der Waals surface area contributed by atoms with Gasteiger partial charge in [-0.3, -0.25) is 4.79 Å². The lowest BCUT2D eigenvalue weighted by Gasteiger charge is -2.12. The number of Topliss-reactive ketones (excluding diaryl/α,β-unsaturated/α-hetero) is 1. The van der Waals surface area contributed by atoms with Gasteiger partial charge < -0.3 is 0 Å². The van der Waals surface area contributed by atoms with E-state index in [1.165, 1.54) is 19.3 Å². The minimum Gasteiger partial charge on any atom is -0.299 e. The van der Waals surface area contributed by atoms with Crippen LogP contribution in [0.25, 0.3) is 0 Å². The summed E-state index contributed by atoms with van der Waals surface area (Å²) in [6.07, 6.45) is 5.71. The van der Waals surface area contributed by atoms with E-state index in [0.717, 1.165) is 24.3 Å². The van der Waals surface area contributed by atoms with Crippen LogP contribution in [-0.2, 0) is 4.79 Å². The molecule has 0 saturated heterocycles. The number of carbonyl (C=O) groups is 1. The second-order valence-electron chi connectivity index (χ2n) is 3.80. The predicted octanol–water partition coefficient (Wildman–Crippen LogP) is 3.92. The second kappa shape index (κ2) is 9.57. The van der Waals surface area contributed by atoms with Gasteiger partial charge in [-0.15, -0.1) is 0 Å². The number of hydrogen-bond acceptors (Lipinski definition) is 2. The molecule has 0 radical (unpaired) electrons. The monoisotopic (exact) mass is 216 g/mol. The Hall–Kier alpha value is 0.0200. The van der Waals surface area contributed by atoms with Crippen molar-refractivity contribution >= 4 is 17.5 Å². The average molecular weight is 216 g/mol. The van der Waals surface area contributed by atoms with Gasteiger partial charge in [0.2, 0.25) is 0 Å². The summed E-state index contributed by atoms with van der Waals surface area (Å²) < 4.78 is 0. The van der Waals surface area contributed by atoms with Gasteiger partial charge in [0, 0.05) is 6.42 Å². The zero-order valence-electron chi connectivity index (χ0n) is 9.84. The van der Waals surface area contributed by atoms with Gasteiger partial charge in [0.1, 0.15) is 5.78 Å². The molecule has 0 bridgehead atoms. The van der Waals surface area contributed by atoms with Gasteiger partial charge in [0.05, 0.1) is 5.75 Å². The molecule has 0 amide bonds. The Morgan fingerprint density at radius 3 is 2.50 bits per heavy atom. The number of unbranched alkanes of at least 4 members (excludes halogenated alkanes) is 1. The number of rotatable bonds is 9. The zero-order chi connectivity index (χ0) is 10.8. The van der Waals surface area contributed by atoms with E-state index in [1.54, 1.807) is 11.8 Å². The lowest BCUT2D eigenvalue weighted by atomic mass is 9.94. The van der Waals surface area contributed by atoms with Crippen LogP contribution >= 0.6 is 11.8 Å². The van der Waals surface area contributed by atoms with E-state index in [1.807, 2.05) is 0 Å². The fourth-order valence-electron chi connectivity index (χ4n) is 1.54. The molecule has 0 aromatic rings. The van der Waals surface area contributed by atoms with Crippen molar-refractivity contribution in [1.29, 1.82) is 0 Å². The maximum atomic E-state index is 11.5. The van der Waals surface area contributed by atoms with E-state index in [0.29, 0.717) is 11.7 Å². The van der Waals surface area contributed by atoms with Crippen molar-refractivity contribution in [2.24, 2.45) is 5.92 Å². The highest BCUT2D eigenvalue weighted by molar-refractivity contribution is 7.99. The van der Waals surface area contributed by atoms with Crippen LogP contribution in [0.1, 0.15) is 52.9 Å². The molecule has 14 heavy (non-hydrogen) atoms. The van der Waals surface area contributed by atoms with Crippen molar-refractivity contribution in [3.05, 3.63) is 0 Å². The molecule has 84 valence electrons. The molecule has 0 saturated carbocycles. The number of thioether (sulfide) groups is 1. The fraction of sp³-hybridized carbons (Fsp3) is 0.917. The van der Waals surface area contributed by atoms with Crippen molar-refractivity contribution in [2.75, 3.05) is 11.5 Å². The summed E-state index contributed by atoms with van der Waals surface area (Å²) in [7, 11) is 0. The molecule has 0 spiro atoms. The highest BCUT2D eigenvalue weighted by atomic mass is 32.2. The molecule has 0 aliphatic rings. The Kier molecular flexibility index (Phi) is 9.58. The summed E-state index contributed by atoms with van der Waals surface area (Å²) in [6.45, 7) is 6.51. The molecular weight excluding hydrogens is 192 g/mol. The van der Waals surface area contributed by atoms with Crippen LogP contribution in [0, 0.1) is 5.92 Å². The minimum atomic E-state index is 0.444. The molecule has 0 N–H and O–H groups in total. The van der Waals surface area contributed by atoms with Gasteiger partial charge in [-0.1, -0.05) is 46.5 Å². The summed E-state index contributed by atoms with van der Waals surface area (Å²) in [5.74, 6) is 2.86. The van der Waals surface area contributed by atoms with Crippen molar-refractivity contribution in [1.82, 2.24) is 0 Å². The van der Waals surface area contributed by atoms with Gasteiger partial charge in [-0.05, 0) is 11.7 Å². The van der Waals surface area contributed by atoms with Crippen molar-refractivity contribution < 1.29 is 4.79 Å². The van der Waals surface area contributed by atoms with Crippen molar-refractivity contribution in [3.8, 4) is 0 Å². The summed E-state index contributed by atoms with van der Waals surface area (Å²) in [5.41, 5.74) is 0. The average Bonchev–Trinajstić information content (AvgIpc) is 2.21. The number of ketones is 1. The van der Waals surface area contributed by atoms with Crippen LogP contribution in [-0.4, -0.2) is 17.3 Å². The quantitative estimate of drug-likeness (QED) is 0.581. The molecule has 0 aromatic carbocycles. The first-order valence-electron chi connectivity index (χ1n) is 5.83. The van der Waals surface area contributed by atoms with E-state index in [9.17, 15) is 4.79 Å². The van der Waals surface area contributed by atoms with Crippen molar-refractivity contribution in [3.63, 3.8) is 0 Å². The third-order valence-corrected chi connectivity index (χ3v) is 3.46. The van der Waals surface area contributed by atoms with E-state index < -0.39 is 0 Å². The molecule has 0 aromatic heterocycles. The lowest BCUT2D eigenvalue weighted by Crippen LogP contribution is -2.10. The molecular formula is C12H24OS. The molecule has 1 atom stereocenters. The van der Waals surface area contributed by atoms with Crippen molar-refractivity contribution in [2.45, 2.75) is 52.9 Å². The fourth-order valence-corrected chi connectivity index (χ4v) is 2.09. The van der Waals surface area contributed by atoms with Gasteiger partial charge in [0.25, 0.3) is 0 Å². The van der Waals surface area contributed by atoms with Crippen LogP contribution in [0.5, 0.6) is 0 Å². The first-order chi connectivity index (χ1) is 6.74. The molecule has 0 rings (SSSR count). The van der Waals surface area contributed by atoms with Crippen LogP contribution in [0.3, 0.4) is 0 Å². The third-order valence-electron chi connectivity index (χ3n) is 2.53.